The highest BCUT2D eigenvalue weighted by Crippen LogP contribution is 2.21. The molecule has 1 aliphatic rings. The fourth-order valence-corrected chi connectivity index (χ4v) is 1.83. The fraction of sp³-hybridized carbons (Fsp3) is 0.733. The Hall–Kier alpha value is -2.20. The maximum atomic E-state index is 11.0. The average Bonchev–Trinajstić information content (AvgIpc) is 2.46. The second-order valence-electron chi connectivity index (χ2n) is 4.81. The molecule has 0 spiro atoms. The molecule has 0 bridgehead atoms. The number of aliphatic hydroxyl groups is 1. The van der Waals surface area contributed by atoms with Gasteiger partial charge in [-0.25, -0.2) is 0 Å². The van der Waals surface area contributed by atoms with Crippen LogP contribution in [0, 0.1) is 0 Å². The molecule has 0 radical (unpaired) electrons. The molecular formula is C15H26O10. The SMILES string of the molecule is CC(=O)O.CC(=O)OC[C@H]1OC[C@H](OC(C)=O)C[C@@H]1OC(C)=O.CO. The molecule has 1 saturated heterocycles. The third kappa shape index (κ3) is 15.1. The van der Waals surface area contributed by atoms with E-state index in [1.54, 1.807) is 0 Å². The Labute approximate surface area is 146 Å². The summed E-state index contributed by atoms with van der Waals surface area (Å²) in [5.74, 6) is -2.16. The van der Waals surface area contributed by atoms with Crippen molar-refractivity contribution < 1.29 is 48.3 Å². The molecule has 1 heterocycles. The van der Waals surface area contributed by atoms with E-state index in [2.05, 4.69) is 0 Å². The second-order valence-corrected chi connectivity index (χ2v) is 4.81. The van der Waals surface area contributed by atoms with Crippen LogP contribution in [0.15, 0.2) is 0 Å². The van der Waals surface area contributed by atoms with Crippen LogP contribution in [0.5, 0.6) is 0 Å². The lowest BCUT2D eigenvalue weighted by atomic mass is 10.0. The van der Waals surface area contributed by atoms with Crippen molar-refractivity contribution in [1.29, 1.82) is 0 Å². The molecule has 0 aromatic heterocycles. The number of hydrogen-bond acceptors (Lipinski definition) is 9. The molecule has 10 heteroatoms. The van der Waals surface area contributed by atoms with Crippen LogP contribution in [0.2, 0.25) is 0 Å². The molecule has 1 fully saturated rings. The van der Waals surface area contributed by atoms with Gasteiger partial charge < -0.3 is 29.2 Å². The van der Waals surface area contributed by atoms with Gasteiger partial charge in [-0.3, -0.25) is 19.2 Å². The van der Waals surface area contributed by atoms with Crippen molar-refractivity contribution in [1.82, 2.24) is 0 Å². The summed E-state index contributed by atoms with van der Waals surface area (Å²) in [5, 5.41) is 14.4. The van der Waals surface area contributed by atoms with E-state index >= 15 is 0 Å². The summed E-state index contributed by atoms with van der Waals surface area (Å²) in [6.45, 7) is 5.12. The van der Waals surface area contributed by atoms with Crippen molar-refractivity contribution >= 4 is 23.9 Å². The highest BCUT2D eigenvalue weighted by atomic mass is 16.6. The van der Waals surface area contributed by atoms with Crippen LogP contribution in [-0.4, -0.2) is 72.7 Å². The number of carboxylic acids is 1. The van der Waals surface area contributed by atoms with E-state index in [1.807, 2.05) is 0 Å². The number of hydrogen-bond donors (Lipinski definition) is 2. The zero-order valence-electron chi connectivity index (χ0n) is 15.0. The van der Waals surface area contributed by atoms with E-state index in [0.717, 1.165) is 14.0 Å². The minimum atomic E-state index is -0.833. The Morgan fingerprint density at radius 2 is 1.44 bits per heavy atom. The highest BCUT2D eigenvalue weighted by molar-refractivity contribution is 5.67. The molecule has 2 N–H and O–H groups in total. The molecule has 0 saturated carbocycles. The highest BCUT2D eigenvalue weighted by Gasteiger charge is 2.35. The first-order valence-electron chi connectivity index (χ1n) is 7.35. The Bertz CT molecular complexity index is 430. The van der Waals surface area contributed by atoms with Crippen LogP contribution >= 0.6 is 0 Å². The van der Waals surface area contributed by atoms with Gasteiger partial charge in [0.25, 0.3) is 5.97 Å². The van der Waals surface area contributed by atoms with Crippen LogP contribution in [0.1, 0.15) is 34.1 Å². The summed E-state index contributed by atoms with van der Waals surface area (Å²) < 4.78 is 20.4. The van der Waals surface area contributed by atoms with E-state index in [9.17, 15) is 14.4 Å². The maximum Gasteiger partial charge on any atom is 0.302 e. The van der Waals surface area contributed by atoms with Crippen LogP contribution in [0.25, 0.3) is 0 Å². The number of rotatable bonds is 4. The summed E-state index contributed by atoms with van der Waals surface area (Å²) in [5.41, 5.74) is 0. The normalized spacial score (nSPS) is 21.3. The van der Waals surface area contributed by atoms with E-state index in [0.29, 0.717) is 6.42 Å². The molecule has 0 aromatic rings. The topological polar surface area (TPSA) is 146 Å². The van der Waals surface area contributed by atoms with Gasteiger partial charge in [-0.1, -0.05) is 0 Å². The number of carbonyl (C=O) groups excluding carboxylic acids is 3. The summed E-state index contributed by atoms with van der Waals surface area (Å²) in [6.07, 6.45) is -1.28. The number of esters is 3. The fourth-order valence-electron chi connectivity index (χ4n) is 1.83. The van der Waals surface area contributed by atoms with Gasteiger partial charge in [0.15, 0.2) is 0 Å². The Kier molecular flexibility index (Phi) is 14.2. The van der Waals surface area contributed by atoms with Gasteiger partial charge in [0.05, 0.1) is 6.61 Å². The molecule has 0 amide bonds. The molecule has 0 aliphatic carbocycles. The van der Waals surface area contributed by atoms with Crippen LogP contribution in [-0.2, 0) is 38.1 Å². The number of aliphatic carboxylic acids is 1. The van der Waals surface area contributed by atoms with Crippen LogP contribution in [0.4, 0.5) is 0 Å². The molecule has 0 unspecified atom stereocenters. The zero-order chi connectivity index (χ0) is 20.0. The lowest BCUT2D eigenvalue weighted by Crippen LogP contribution is -2.47. The largest absolute Gasteiger partial charge is 0.481 e. The average molecular weight is 366 g/mol. The first-order chi connectivity index (χ1) is 11.6. The molecule has 1 aliphatic heterocycles. The monoisotopic (exact) mass is 366 g/mol. The summed E-state index contributed by atoms with van der Waals surface area (Å²) in [7, 11) is 1.00. The summed E-state index contributed by atoms with van der Waals surface area (Å²) in [6, 6.07) is 0. The van der Waals surface area contributed by atoms with Gasteiger partial charge in [0.2, 0.25) is 0 Å². The summed E-state index contributed by atoms with van der Waals surface area (Å²) >= 11 is 0. The molecule has 1 rings (SSSR count). The van der Waals surface area contributed by atoms with E-state index in [1.165, 1.54) is 20.8 Å². The minimum Gasteiger partial charge on any atom is -0.481 e. The Morgan fingerprint density at radius 3 is 1.84 bits per heavy atom. The molecule has 3 atom stereocenters. The van der Waals surface area contributed by atoms with E-state index < -0.39 is 42.2 Å². The van der Waals surface area contributed by atoms with Crippen molar-refractivity contribution in [3.63, 3.8) is 0 Å². The standard InChI is InChI=1S/C12H18O7.C2H4O2.CH4O/c1-7(13)16-6-12-11(19-9(3)15)4-10(5-17-12)18-8(2)14;1-2(3)4;1-2/h10-12H,4-6H2,1-3H3;1H3,(H,3,4);2H,1H3/t10-,11+,12-;;/m1../s1. The van der Waals surface area contributed by atoms with Gasteiger partial charge in [-0.2, -0.15) is 0 Å². The Balaban J connectivity index is 0. The molecule has 25 heavy (non-hydrogen) atoms. The van der Waals surface area contributed by atoms with Crippen molar-refractivity contribution in [2.45, 2.75) is 52.4 Å². The first kappa shape index (κ1) is 25.0. The van der Waals surface area contributed by atoms with Gasteiger partial charge in [0.1, 0.15) is 24.9 Å². The lowest BCUT2D eigenvalue weighted by Gasteiger charge is -2.34. The molecule has 10 nitrogen and oxygen atoms in total. The lowest BCUT2D eigenvalue weighted by molar-refractivity contribution is -0.189. The third-order valence-corrected chi connectivity index (χ3v) is 2.51. The molecular weight excluding hydrogens is 340 g/mol. The smallest absolute Gasteiger partial charge is 0.302 e. The van der Waals surface area contributed by atoms with E-state index in [-0.39, 0.29) is 13.2 Å². The van der Waals surface area contributed by atoms with Gasteiger partial charge in [0, 0.05) is 41.2 Å². The minimum absolute atomic E-state index is 0.0000709. The quantitative estimate of drug-likeness (QED) is 0.511. The first-order valence-corrected chi connectivity index (χ1v) is 7.35. The van der Waals surface area contributed by atoms with Crippen LogP contribution in [0.3, 0.4) is 0 Å². The predicted octanol–water partition coefficient (Wildman–Crippen LogP) is -0.0988. The van der Waals surface area contributed by atoms with Crippen molar-refractivity contribution in [3.05, 3.63) is 0 Å². The van der Waals surface area contributed by atoms with Crippen molar-refractivity contribution in [2.24, 2.45) is 0 Å². The second kappa shape index (κ2) is 14.2. The molecule has 146 valence electrons. The van der Waals surface area contributed by atoms with Gasteiger partial charge in [-0.05, 0) is 0 Å². The van der Waals surface area contributed by atoms with Gasteiger partial charge >= 0.3 is 17.9 Å². The van der Waals surface area contributed by atoms with Crippen molar-refractivity contribution in [2.75, 3.05) is 20.3 Å². The van der Waals surface area contributed by atoms with E-state index in [4.69, 9.17) is 34.0 Å². The third-order valence-electron chi connectivity index (χ3n) is 2.51. The number of ether oxygens (including phenoxy) is 4. The summed E-state index contributed by atoms with van der Waals surface area (Å²) in [4.78, 5) is 41.7. The number of carboxylic acid groups (broad SMARTS) is 1. The van der Waals surface area contributed by atoms with Crippen LogP contribution < -0.4 is 0 Å². The number of carbonyl (C=O) groups is 4. The number of aliphatic hydroxyl groups excluding tert-OH is 1. The maximum absolute atomic E-state index is 11.0. The van der Waals surface area contributed by atoms with Gasteiger partial charge in [-0.15, -0.1) is 0 Å². The predicted molar refractivity (Wildman–Crippen MR) is 83.6 cm³/mol. The Morgan fingerprint density at radius 1 is 0.960 bits per heavy atom. The van der Waals surface area contributed by atoms with Crippen molar-refractivity contribution in [3.8, 4) is 0 Å². The molecule has 0 aromatic carbocycles. The zero-order valence-corrected chi connectivity index (χ0v) is 15.0.